The van der Waals surface area contributed by atoms with E-state index in [0.29, 0.717) is 11.9 Å². The molecule has 1 heterocycles. The Balaban J connectivity index is 3.56. The molecule has 5 nitrogen and oxygen atoms in total. The van der Waals surface area contributed by atoms with E-state index in [4.69, 9.17) is 20.5 Å². The third-order valence-electron chi connectivity index (χ3n) is 2.41. The van der Waals surface area contributed by atoms with Crippen LogP contribution in [0.1, 0.15) is 13.8 Å². The summed E-state index contributed by atoms with van der Waals surface area (Å²) in [7, 11) is 0. The van der Waals surface area contributed by atoms with Crippen LogP contribution >= 0.6 is 0 Å². The predicted octanol–water partition coefficient (Wildman–Crippen LogP) is 1.67. The molecule has 5 heteroatoms. The maximum absolute atomic E-state index is 10.3. The molecule has 1 rings (SSSR count). The fraction of sp³-hybridized carbons (Fsp3) is 0.231. The topological polar surface area (TPSA) is 97.7 Å². The second-order valence-electron chi connectivity index (χ2n) is 3.94. The number of hydrogen-bond donors (Lipinski definition) is 0. The van der Waals surface area contributed by atoms with Crippen molar-refractivity contribution in [2.45, 2.75) is 19.4 Å². The predicted molar refractivity (Wildman–Crippen MR) is 61.3 cm³/mol. The molecule has 0 bridgehead atoms. The molecule has 0 saturated carbocycles. The molecular formula is C13H9N3O2. The molecule has 0 amide bonds. The number of rotatable bonds is 2. The van der Waals surface area contributed by atoms with Crippen LogP contribution in [-0.2, 0) is 9.53 Å². The number of nitrogens with zero attached hydrogens (tertiary/aromatic N) is 3. The molecule has 0 spiro atoms. The van der Waals surface area contributed by atoms with Crippen molar-refractivity contribution in [2.75, 3.05) is 0 Å². The van der Waals surface area contributed by atoms with Gasteiger partial charge in [0.05, 0.1) is 0 Å². The first-order valence-corrected chi connectivity index (χ1v) is 5.02. The Morgan fingerprint density at radius 3 is 2.33 bits per heavy atom. The van der Waals surface area contributed by atoms with Crippen LogP contribution in [0.5, 0.6) is 0 Å². The zero-order chi connectivity index (χ0) is 13.8. The van der Waals surface area contributed by atoms with Crippen LogP contribution in [-0.4, -0.2) is 11.9 Å². The van der Waals surface area contributed by atoms with Gasteiger partial charge >= 0.3 is 0 Å². The summed E-state index contributed by atoms with van der Waals surface area (Å²) in [5.41, 5.74) is -0.542. The average Bonchev–Trinajstić information content (AvgIpc) is 2.59. The molecule has 0 saturated heterocycles. The Morgan fingerprint density at radius 2 is 1.89 bits per heavy atom. The lowest BCUT2D eigenvalue weighted by Crippen LogP contribution is -2.20. The lowest BCUT2D eigenvalue weighted by molar-refractivity contribution is -0.104. The molecule has 0 atom stereocenters. The van der Waals surface area contributed by atoms with Gasteiger partial charge in [0.2, 0.25) is 0 Å². The van der Waals surface area contributed by atoms with Gasteiger partial charge < -0.3 is 4.74 Å². The quantitative estimate of drug-likeness (QED) is 0.414. The maximum atomic E-state index is 10.3. The molecule has 0 unspecified atom stereocenters. The van der Waals surface area contributed by atoms with Crippen molar-refractivity contribution >= 4 is 6.29 Å². The van der Waals surface area contributed by atoms with Gasteiger partial charge in [0.25, 0.3) is 0 Å². The minimum Gasteiger partial charge on any atom is -0.480 e. The van der Waals surface area contributed by atoms with Gasteiger partial charge in [-0.1, -0.05) is 6.08 Å². The van der Waals surface area contributed by atoms with Gasteiger partial charge in [-0.05, 0) is 19.9 Å². The van der Waals surface area contributed by atoms with E-state index in [1.807, 2.05) is 6.07 Å². The van der Waals surface area contributed by atoms with Crippen molar-refractivity contribution in [1.29, 1.82) is 15.8 Å². The van der Waals surface area contributed by atoms with Crippen molar-refractivity contribution in [3.05, 3.63) is 34.6 Å². The van der Waals surface area contributed by atoms with Gasteiger partial charge in [-0.15, -0.1) is 0 Å². The Kier molecular flexibility index (Phi) is 3.67. The highest BCUT2D eigenvalue weighted by Crippen LogP contribution is 2.39. The number of nitriles is 3. The van der Waals surface area contributed by atoms with Gasteiger partial charge in [-0.2, -0.15) is 15.8 Å². The second-order valence-corrected chi connectivity index (χ2v) is 3.94. The molecule has 0 fully saturated rings. The van der Waals surface area contributed by atoms with Gasteiger partial charge in [-0.3, -0.25) is 4.79 Å². The molecule has 0 aromatic rings. The van der Waals surface area contributed by atoms with E-state index in [9.17, 15) is 4.79 Å². The van der Waals surface area contributed by atoms with Crippen molar-refractivity contribution in [1.82, 2.24) is 0 Å². The van der Waals surface area contributed by atoms with Crippen LogP contribution in [0.4, 0.5) is 0 Å². The smallest absolute Gasteiger partial charge is 0.172 e. The molecule has 0 radical (unpaired) electrons. The van der Waals surface area contributed by atoms with E-state index in [2.05, 4.69) is 0 Å². The zero-order valence-corrected chi connectivity index (χ0v) is 9.89. The Labute approximate surface area is 104 Å². The molecule has 0 N–H and O–H groups in total. The molecular weight excluding hydrogens is 230 g/mol. The van der Waals surface area contributed by atoms with Crippen molar-refractivity contribution in [3.63, 3.8) is 0 Å². The largest absolute Gasteiger partial charge is 0.480 e. The van der Waals surface area contributed by atoms with Crippen LogP contribution in [0, 0.1) is 34.0 Å². The molecule has 1 aliphatic heterocycles. The van der Waals surface area contributed by atoms with Crippen LogP contribution in [0.25, 0.3) is 0 Å². The van der Waals surface area contributed by atoms with Crippen molar-refractivity contribution in [3.8, 4) is 18.2 Å². The normalized spacial score (nSPS) is 16.7. The number of aldehydes is 1. The standard InChI is InChI=1S/C13H9N3O2/c1-13(2)11(4-3-5-17)10(8-16)12(18-13)9(6-14)7-15/h3-5H,1-2H3/b4-3+. The van der Waals surface area contributed by atoms with Gasteiger partial charge in [-0.25, -0.2) is 0 Å². The summed E-state index contributed by atoms with van der Waals surface area (Å²) in [5, 5.41) is 26.7. The summed E-state index contributed by atoms with van der Waals surface area (Å²) < 4.78 is 5.48. The minimum atomic E-state index is -0.862. The fourth-order valence-electron chi connectivity index (χ4n) is 1.62. The summed E-state index contributed by atoms with van der Waals surface area (Å²) >= 11 is 0. The number of hydrogen-bond acceptors (Lipinski definition) is 5. The molecule has 0 aromatic carbocycles. The summed E-state index contributed by atoms with van der Waals surface area (Å²) in [6.07, 6.45) is 3.26. The van der Waals surface area contributed by atoms with Crippen molar-refractivity contribution < 1.29 is 9.53 Å². The van der Waals surface area contributed by atoms with E-state index in [-0.39, 0.29) is 16.9 Å². The monoisotopic (exact) mass is 239 g/mol. The lowest BCUT2D eigenvalue weighted by Gasteiger charge is -2.20. The second kappa shape index (κ2) is 4.99. The summed E-state index contributed by atoms with van der Waals surface area (Å²) in [6, 6.07) is 5.28. The van der Waals surface area contributed by atoms with E-state index < -0.39 is 5.60 Å². The molecule has 0 aliphatic carbocycles. The molecule has 88 valence electrons. The lowest BCUT2D eigenvalue weighted by atomic mass is 9.95. The van der Waals surface area contributed by atoms with Gasteiger partial charge in [0, 0.05) is 5.57 Å². The zero-order valence-electron chi connectivity index (χ0n) is 9.89. The number of carbonyl (C=O) groups excluding carboxylic acids is 1. The molecule has 1 aliphatic rings. The third-order valence-corrected chi connectivity index (χ3v) is 2.41. The van der Waals surface area contributed by atoms with Crippen molar-refractivity contribution in [2.24, 2.45) is 0 Å². The Morgan fingerprint density at radius 1 is 1.28 bits per heavy atom. The van der Waals surface area contributed by atoms with Crippen LogP contribution < -0.4 is 0 Å². The first-order chi connectivity index (χ1) is 8.51. The molecule has 0 aromatic heterocycles. The van der Waals surface area contributed by atoms with E-state index in [1.54, 1.807) is 26.0 Å². The summed E-state index contributed by atoms with van der Waals surface area (Å²) in [4.78, 5) is 10.3. The first kappa shape index (κ1) is 13.2. The van der Waals surface area contributed by atoms with E-state index >= 15 is 0 Å². The van der Waals surface area contributed by atoms with E-state index in [1.165, 1.54) is 12.2 Å². The highest BCUT2D eigenvalue weighted by atomic mass is 16.5. The van der Waals surface area contributed by atoms with Gasteiger partial charge in [0.15, 0.2) is 11.3 Å². The summed E-state index contributed by atoms with van der Waals surface area (Å²) in [6.45, 7) is 3.38. The SMILES string of the molecule is CC1(C)OC(=C(C#N)C#N)C(C#N)=C1/C=C/C=O. The van der Waals surface area contributed by atoms with Gasteiger partial charge in [0.1, 0.15) is 35.7 Å². The number of carbonyl (C=O) groups is 1. The highest BCUT2D eigenvalue weighted by molar-refractivity contribution is 5.68. The van der Waals surface area contributed by atoms with Crippen LogP contribution in [0.2, 0.25) is 0 Å². The Hall–Kier alpha value is -2.84. The van der Waals surface area contributed by atoms with Crippen LogP contribution in [0.3, 0.4) is 0 Å². The first-order valence-electron chi connectivity index (χ1n) is 5.02. The average molecular weight is 239 g/mol. The fourth-order valence-corrected chi connectivity index (χ4v) is 1.62. The third kappa shape index (κ3) is 2.14. The molecule has 18 heavy (non-hydrogen) atoms. The van der Waals surface area contributed by atoms with Crippen LogP contribution in [0.15, 0.2) is 34.6 Å². The minimum absolute atomic E-state index is 0.0296. The maximum Gasteiger partial charge on any atom is 0.172 e. The van der Waals surface area contributed by atoms with E-state index in [0.717, 1.165) is 0 Å². The number of allylic oxidation sites excluding steroid dienone is 3. The number of ether oxygens (including phenoxy) is 1. The Bertz CT molecular complexity index is 586. The highest BCUT2D eigenvalue weighted by Gasteiger charge is 2.38. The summed E-state index contributed by atoms with van der Waals surface area (Å²) in [5.74, 6) is -0.0296.